The third-order valence-corrected chi connectivity index (χ3v) is 4.07. The number of hydrogen-bond acceptors (Lipinski definition) is 6. The van der Waals surface area contributed by atoms with Crippen molar-refractivity contribution in [2.75, 3.05) is 38.3 Å². The van der Waals surface area contributed by atoms with Gasteiger partial charge in [-0.2, -0.15) is 0 Å². The Morgan fingerprint density at radius 3 is 3.13 bits per heavy atom. The zero-order valence-corrected chi connectivity index (χ0v) is 13.2. The summed E-state index contributed by atoms with van der Waals surface area (Å²) in [5.41, 5.74) is 2.41. The fourth-order valence-electron chi connectivity index (χ4n) is 2.87. The summed E-state index contributed by atoms with van der Waals surface area (Å²) in [4.78, 5) is 27.3. The molecule has 2 aromatic heterocycles. The molecule has 7 nitrogen and oxygen atoms in total. The number of hydrogen-bond donors (Lipinski definition) is 1. The lowest BCUT2D eigenvalue weighted by Gasteiger charge is -2.33. The van der Waals surface area contributed by atoms with Crippen LogP contribution in [-0.2, 0) is 9.53 Å². The van der Waals surface area contributed by atoms with E-state index in [0.29, 0.717) is 25.3 Å². The Balaban J connectivity index is 1.68. The van der Waals surface area contributed by atoms with Gasteiger partial charge in [0.25, 0.3) is 0 Å². The summed E-state index contributed by atoms with van der Waals surface area (Å²) in [6.07, 6.45) is 7.01. The predicted octanol–water partition coefficient (Wildman–Crippen LogP) is 1.00. The minimum absolute atomic E-state index is 0.00170. The molecule has 122 valence electrons. The van der Waals surface area contributed by atoms with Crippen molar-refractivity contribution in [2.45, 2.75) is 12.8 Å². The number of amides is 1. The van der Waals surface area contributed by atoms with E-state index in [1.165, 1.54) is 0 Å². The van der Waals surface area contributed by atoms with Crippen LogP contribution in [-0.4, -0.2) is 54.2 Å². The van der Waals surface area contributed by atoms with Gasteiger partial charge in [0.2, 0.25) is 5.91 Å². The van der Waals surface area contributed by atoms with Crippen LogP contribution in [0.15, 0.2) is 24.7 Å². The molecule has 1 aliphatic heterocycles. The molecule has 0 spiro atoms. The SMILES string of the molecule is COCCNC(=O)[C@@H]1CCCN(c2cnc3nccnc3c2)C1. The second-order valence-electron chi connectivity index (χ2n) is 5.66. The fourth-order valence-corrected chi connectivity index (χ4v) is 2.87. The first-order chi connectivity index (χ1) is 11.3. The molecule has 7 heteroatoms. The zero-order chi connectivity index (χ0) is 16.1. The summed E-state index contributed by atoms with van der Waals surface area (Å²) in [6, 6.07) is 1.99. The van der Waals surface area contributed by atoms with Crippen LogP contribution in [0, 0.1) is 5.92 Å². The molecule has 0 unspecified atom stereocenters. The van der Waals surface area contributed by atoms with E-state index in [1.54, 1.807) is 19.5 Å². The van der Waals surface area contributed by atoms with Crippen molar-refractivity contribution in [3.63, 3.8) is 0 Å². The van der Waals surface area contributed by atoms with Gasteiger partial charge in [0.1, 0.15) is 5.52 Å². The molecule has 0 bridgehead atoms. The van der Waals surface area contributed by atoms with Gasteiger partial charge < -0.3 is 15.0 Å². The van der Waals surface area contributed by atoms with Crippen LogP contribution in [0.4, 0.5) is 5.69 Å². The van der Waals surface area contributed by atoms with E-state index in [9.17, 15) is 4.79 Å². The van der Waals surface area contributed by atoms with E-state index in [0.717, 1.165) is 30.6 Å². The highest BCUT2D eigenvalue weighted by Gasteiger charge is 2.26. The van der Waals surface area contributed by atoms with E-state index in [1.807, 2.05) is 12.3 Å². The number of piperidine rings is 1. The highest BCUT2D eigenvalue weighted by Crippen LogP contribution is 2.24. The number of rotatable bonds is 5. The largest absolute Gasteiger partial charge is 0.383 e. The van der Waals surface area contributed by atoms with Crippen LogP contribution in [0.25, 0.3) is 11.2 Å². The number of nitrogens with one attached hydrogen (secondary N) is 1. The van der Waals surface area contributed by atoms with Gasteiger partial charge in [0, 0.05) is 39.1 Å². The second kappa shape index (κ2) is 7.32. The average molecular weight is 315 g/mol. The molecule has 2 aromatic rings. The predicted molar refractivity (Wildman–Crippen MR) is 87.2 cm³/mol. The minimum Gasteiger partial charge on any atom is -0.383 e. The lowest BCUT2D eigenvalue weighted by Crippen LogP contribution is -2.43. The summed E-state index contributed by atoms with van der Waals surface area (Å²) in [6.45, 7) is 2.72. The Morgan fingerprint density at radius 2 is 2.26 bits per heavy atom. The summed E-state index contributed by atoms with van der Waals surface area (Å²) in [5, 5.41) is 2.93. The quantitative estimate of drug-likeness (QED) is 0.829. The van der Waals surface area contributed by atoms with Gasteiger partial charge >= 0.3 is 0 Å². The number of ether oxygens (including phenoxy) is 1. The Hall–Kier alpha value is -2.28. The summed E-state index contributed by atoms with van der Waals surface area (Å²) in [7, 11) is 1.63. The zero-order valence-electron chi connectivity index (χ0n) is 13.2. The lowest BCUT2D eigenvalue weighted by molar-refractivity contribution is -0.125. The maximum absolute atomic E-state index is 12.2. The molecule has 0 radical (unpaired) electrons. The number of pyridine rings is 1. The standard InChI is InChI=1S/C16H21N5O2/c1-23-8-6-19-16(22)12-3-2-7-21(11-12)13-9-14-15(20-10-13)18-5-4-17-14/h4-5,9-10,12H,2-3,6-8,11H2,1H3,(H,19,22)/t12-/m1/s1. The molecule has 3 rings (SSSR count). The molecule has 3 heterocycles. The number of fused-ring (bicyclic) bond motifs is 1. The van der Waals surface area contributed by atoms with E-state index < -0.39 is 0 Å². The van der Waals surface area contributed by atoms with Crippen LogP contribution in [0.3, 0.4) is 0 Å². The average Bonchev–Trinajstić information content (AvgIpc) is 2.61. The molecular formula is C16H21N5O2. The van der Waals surface area contributed by atoms with Gasteiger partial charge in [-0.3, -0.25) is 9.78 Å². The first kappa shape index (κ1) is 15.6. The monoisotopic (exact) mass is 315 g/mol. The summed E-state index contributed by atoms with van der Waals surface area (Å²) >= 11 is 0. The molecule has 1 fully saturated rings. The second-order valence-corrected chi connectivity index (χ2v) is 5.66. The summed E-state index contributed by atoms with van der Waals surface area (Å²) in [5.74, 6) is 0.0958. The molecule has 1 N–H and O–H groups in total. The number of carbonyl (C=O) groups is 1. The van der Waals surface area contributed by atoms with Gasteiger partial charge in [0.15, 0.2) is 5.65 Å². The van der Waals surface area contributed by atoms with Gasteiger partial charge in [-0.05, 0) is 18.9 Å². The van der Waals surface area contributed by atoms with Crippen LogP contribution in [0.2, 0.25) is 0 Å². The number of carbonyl (C=O) groups excluding carboxylic acids is 1. The number of anilines is 1. The van der Waals surface area contributed by atoms with Crippen molar-refractivity contribution >= 4 is 22.8 Å². The maximum atomic E-state index is 12.2. The van der Waals surface area contributed by atoms with Gasteiger partial charge in [-0.25, -0.2) is 9.97 Å². The fraction of sp³-hybridized carbons (Fsp3) is 0.500. The molecule has 0 aromatic carbocycles. The molecule has 1 aliphatic rings. The van der Waals surface area contributed by atoms with Crippen molar-refractivity contribution in [2.24, 2.45) is 5.92 Å². The van der Waals surface area contributed by atoms with Crippen LogP contribution in [0.5, 0.6) is 0 Å². The van der Waals surface area contributed by atoms with E-state index >= 15 is 0 Å². The molecular weight excluding hydrogens is 294 g/mol. The molecule has 1 amide bonds. The molecule has 0 aliphatic carbocycles. The van der Waals surface area contributed by atoms with Crippen LogP contribution >= 0.6 is 0 Å². The third kappa shape index (κ3) is 3.73. The van der Waals surface area contributed by atoms with Crippen LogP contribution < -0.4 is 10.2 Å². The first-order valence-electron chi connectivity index (χ1n) is 7.86. The Labute approximate surface area is 135 Å². The highest BCUT2D eigenvalue weighted by atomic mass is 16.5. The van der Waals surface area contributed by atoms with Crippen molar-refractivity contribution in [1.29, 1.82) is 0 Å². The molecule has 23 heavy (non-hydrogen) atoms. The van der Waals surface area contributed by atoms with E-state index in [2.05, 4.69) is 25.2 Å². The Morgan fingerprint density at radius 1 is 1.39 bits per heavy atom. The number of nitrogens with zero attached hydrogens (tertiary/aromatic N) is 4. The molecule has 0 saturated carbocycles. The third-order valence-electron chi connectivity index (χ3n) is 4.07. The maximum Gasteiger partial charge on any atom is 0.224 e. The first-order valence-corrected chi connectivity index (χ1v) is 7.86. The summed E-state index contributed by atoms with van der Waals surface area (Å²) < 4.78 is 4.96. The number of aromatic nitrogens is 3. The topological polar surface area (TPSA) is 80.2 Å². The molecule has 1 atom stereocenters. The van der Waals surface area contributed by atoms with Crippen molar-refractivity contribution in [1.82, 2.24) is 20.3 Å². The highest BCUT2D eigenvalue weighted by molar-refractivity contribution is 5.80. The van der Waals surface area contributed by atoms with Crippen molar-refractivity contribution < 1.29 is 9.53 Å². The van der Waals surface area contributed by atoms with E-state index in [4.69, 9.17) is 4.74 Å². The van der Waals surface area contributed by atoms with Gasteiger partial charge in [-0.15, -0.1) is 0 Å². The Bertz CT molecular complexity index is 678. The van der Waals surface area contributed by atoms with Gasteiger partial charge in [-0.1, -0.05) is 0 Å². The smallest absolute Gasteiger partial charge is 0.224 e. The van der Waals surface area contributed by atoms with Crippen LogP contribution in [0.1, 0.15) is 12.8 Å². The Kier molecular flexibility index (Phi) is 4.97. The number of methoxy groups -OCH3 is 1. The van der Waals surface area contributed by atoms with Crippen molar-refractivity contribution in [3.8, 4) is 0 Å². The molecule has 1 saturated heterocycles. The van der Waals surface area contributed by atoms with Crippen molar-refractivity contribution in [3.05, 3.63) is 24.7 Å². The van der Waals surface area contributed by atoms with E-state index in [-0.39, 0.29) is 11.8 Å². The minimum atomic E-state index is -0.00170. The van der Waals surface area contributed by atoms with Gasteiger partial charge in [0.05, 0.1) is 24.4 Å². The normalized spacial score (nSPS) is 18.1. The lowest BCUT2D eigenvalue weighted by atomic mass is 9.97.